The summed E-state index contributed by atoms with van der Waals surface area (Å²) in [5, 5.41) is 8.85. The van der Waals surface area contributed by atoms with Gasteiger partial charge in [0.1, 0.15) is 5.69 Å². The molecule has 4 heteroatoms. The third-order valence-electron chi connectivity index (χ3n) is 1.64. The van der Waals surface area contributed by atoms with Gasteiger partial charge in [0.15, 0.2) is 0 Å². The zero-order valence-corrected chi connectivity index (χ0v) is 9.21. The molecule has 0 saturated carbocycles. The topological polar surface area (TPSA) is 42.2 Å². The van der Waals surface area contributed by atoms with E-state index < -0.39 is 5.97 Å². The van der Waals surface area contributed by atoms with Gasteiger partial charge < -0.3 is 9.67 Å². The fourth-order valence-corrected chi connectivity index (χ4v) is 1.66. The van der Waals surface area contributed by atoms with Crippen molar-refractivity contribution in [3.05, 3.63) is 22.4 Å². The summed E-state index contributed by atoms with van der Waals surface area (Å²) in [4.78, 5) is 10.8. The van der Waals surface area contributed by atoms with Gasteiger partial charge in [-0.05, 0) is 27.9 Å². The standard InChI is InChI=1S/C9H12BrNO2/c1-6(2)4-11-5-7(10)3-8(11)9(12)13/h3,5-6H,4H2,1-2H3,(H,12,13). The van der Waals surface area contributed by atoms with Crippen LogP contribution in [0, 0.1) is 5.92 Å². The highest BCUT2D eigenvalue weighted by Crippen LogP contribution is 2.16. The molecule has 3 nitrogen and oxygen atoms in total. The van der Waals surface area contributed by atoms with Crippen LogP contribution in [-0.4, -0.2) is 15.6 Å². The molecule has 0 radical (unpaired) electrons. The van der Waals surface area contributed by atoms with Crippen LogP contribution in [0.1, 0.15) is 24.3 Å². The van der Waals surface area contributed by atoms with Gasteiger partial charge in [-0.3, -0.25) is 0 Å². The predicted molar refractivity (Wildman–Crippen MR) is 53.9 cm³/mol. The van der Waals surface area contributed by atoms with Crippen LogP contribution in [0.15, 0.2) is 16.7 Å². The fourth-order valence-electron chi connectivity index (χ4n) is 1.20. The first-order valence-corrected chi connectivity index (χ1v) is 4.89. The largest absolute Gasteiger partial charge is 0.477 e. The van der Waals surface area contributed by atoms with E-state index in [4.69, 9.17) is 5.11 Å². The van der Waals surface area contributed by atoms with Gasteiger partial charge in [-0.2, -0.15) is 0 Å². The van der Waals surface area contributed by atoms with Gasteiger partial charge in [0.25, 0.3) is 0 Å². The Balaban J connectivity index is 2.97. The van der Waals surface area contributed by atoms with Crippen molar-refractivity contribution in [2.24, 2.45) is 5.92 Å². The van der Waals surface area contributed by atoms with E-state index in [0.29, 0.717) is 11.6 Å². The van der Waals surface area contributed by atoms with E-state index in [2.05, 4.69) is 29.8 Å². The molecular weight excluding hydrogens is 234 g/mol. The van der Waals surface area contributed by atoms with Crippen molar-refractivity contribution in [3.63, 3.8) is 0 Å². The first kappa shape index (κ1) is 10.3. The molecule has 0 aliphatic carbocycles. The normalized spacial score (nSPS) is 10.8. The first-order valence-electron chi connectivity index (χ1n) is 4.09. The van der Waals surface area contributed by atoms with Crippen molar-refractivity contribution >= 4 is 21.9 Å². The molecule has 0 amide bonds. The Morgan fingerprint density at radius 3 is 2.77 bits per heavy atom. The second kappa shape index (κ2) is 3.96. The molecule has 1 heterocycles. The maximum atomic E-state index is 10.8. The number of halogens is 1. The van der Waals surface area contributed by atoms with Crippen LogP contribution >= 0.6 is 15.9 Å². The molecule has 72 valence electrons. The summed E-state index contributed by atoms with van der Waals surface area (Å²) in [5.41, 5.74) is 0.334. The molecule has 0 aliphatic rings. The molecule has 0 unspecified atom stereocenters. The molecule has 0 bridgehead atoms. The summed E-state index contributed by atoms with van der Waals surface area (Å²) in [6, 6.07) is 1.62. The van der Waals surface area contributed by atoms with Crippen molar-refractivity contribution in [2.45, 2.75) is 20.4 Å². The molecule has 13 heavy (non-hydrogen) atoms. The Hall–Kier alpha value is -0.770. The number of aromatic carboxylic acids is 1. The van der Waals surface area contributed by atoms with Gasteiger partial charge in [-0.25, -0.2) is 4.79 Å². The van der Waals surface area contributed by atoms with Crippen molar-refractivity contribution in [1.82, 2.24) is 4.57 Å². The zero-order chi connectivity index (χ0) is 10.0. The van der Waals surface area contributed by atoms with Gasteiger partial charge in [0, 0.05) is 17.2 Å². The van der Waals surface area contributed by atoms with E-state index in [1.54, 1.807) is 16.8 Å². The van der Waals surface area contributed by atoms with Gasteiger partial charge >= 0.3 is 5.97 Å². The third kappa shape index (κ3) is 2.59. The summed E-state index contributed by atoms with van der Waals surface area (Å²) in [6.45, 7) is 4.84. The van der Waals surface area contributed by atoms with Crippen LogP contribution in [0.2, 0.25) is 0 Å². The lowest BCUT2D eigenvalue weighted by molar-refractivity contribution is 0.0684. The van der Waals surface area contributed by atoms with Crippen LogP contribution in [-0.2, 0) is 6.54 Å². The molecular formula is C9H12BrNO2. The molecule has 1 N–H and O–H groups in total. The molecule has 0 fully saturated rings. The highest BCUT2D eigenvalue weighted by molar-refractivity contribution is 9.10. The molecule has 1 rings (SSSR count). The maximum Gasteiger partial charge on any atom is 0.352 e. The van der Waals surface area contributed by atoms with E-state index in [9.17, 15) is 4.79 Å². The number of carboxylic acids is 1. The third-order valence-corrected chi connectivity index (χ3v) is 2.08. The molecule has 1 aromatic rings. The van der Waals surface area contributed by atoms with E-state index in [-0.39, 0.29) is 0 Å². The summed E-state index contributed by atoms with van der Waals surface area (Å²) in [6.07, 6.45) is 1.80. The Kier molecular flexibility index (Phi) is 3.14. The van der Waals surface area contributed by atoms with Crippen molar-refractivity contribution in [3.8, 4) is 0 Å². The summed E-state index contributed by atoms with van der Waals surface area (Å²) in [5.74, 6) is -0.441. The number of rotatable bonds is 3. The van der Waals surface area contributed by atoms with E-state index in [0.717, 1.165) is 11.0 Å². The Bertz CT molecular complexity index is 317. The highest BCUT2D eigenvalue weighted by Gasteiger charge is 2.11. The van der Waals surface area contributed by atoms with Gasteiger partial charge in [-0.1, -0.05) is 13.8 Å². The molecule has 0 aromatic carbocycles. The van der Waals surface area contributed by atoms with E-state index in [1.165, 1.54) is 0 Å². The van der Waals surface area contributed by atoms with Crippen LogP contribution < -0.4 is 0 Å². The number of hydrogen-bond donors (Lipinski definition) is 1. The van der Waals surface area contributed by atoms with Crippen molar-refractivity contribution < 1.29 is 9.90 Å². The Morgan fingerprint density at radius 2 is 2.31 bits per heavy atom. The molecule has 1 aromatic heterocycles. The summed E-state index contributed by atoms with van der Waals surface area (Å²) in [7, 11) is 0. The number of nitrogens with zero attached hydrogens (tertiary/aromatic N) is 1. The Labute approximate surface area is 85.5 Å². The average molecular weight is 246 g/mol. The number of aromatic nitrogens is 1. The summed E-state index contributed by atoms with van der Waals surface area (Å²) >= 11 is 3.26. The monoisotopic (exact) mass is 245 g/mol. The van der Waals surface area contributed by atoms with E-state index in [1.807, 2.05) is 0 Å². The van der Waals surface area contributed by atoms with Gasteiger partial charge in [0.2, 0.25) is 0 Å². The number of hydrogen-bond acceptors (Lipinski definition) is 1. The highest BCUT2D eigenvalue weighted by atomic mass is 79.9. The SMILES string of the molecule is CC(C)Cn1cc(Br)cc1C(=O)O. The lowest BCUT2D eigenvalue weighted by atomic mass is 10.2. The maximum absolute atomic E-state index is 10.8. The van der Waals surface area contributed by atoms with Crippen LogP contribution in [0.5, 0.6) is 0 Å². The summed E-state index contributed by atoms with van der Waals surface area (Å²) < 4.78 is 2.56. The smallest absolute Gasteiger partial charge is 0.352 e. The average Bonchev–Trinajstić information content (AvgIpc) is 2.29. The van der Waals surface area contributed by atoms with Crippen molar-refractivity contribution in [1.29, 1.82) is 0 Å². The number of carboxylic acid groups (broad SMARTS) is 1. The van der Waals surface area contributed by atoms with Crippen LogP contribution in [0.25, 0.3) is 0 Å². The van der Waals surface area contributed by atoms with Gasteiger partial charge in [-0.15, -0.1) is 0 Å². The molecule has 0 atom stereocenters. The van der Waals surface area contributed by atoms with E-state index >= 15 is 0 Å². The lowest BCUT2D eigenvalue weighted by Crippen LogP contribution is -2.10. The van der Waals surface area contributed by atoms with Gasteiger partial charge in [0.05, 0.1) is 0 Å². The minimum Gasteiger partial charge on any atom is -0.477 e. The quantitative estimate of drug-likeness (QED) is 0.890. The lowest BCUT2D eigenvalue weighted by Gasteiger charge is -2.08. The minimum atomic E-state index is -0.883. The minimum absolute atomic E-state index is 0.334. The predicted octanol–water partition coefficient (Wildman–Crippen LogP) is 2.60. The zero-order valence-electron chi connectivity index (χ0n) is 7.62. The first-order chi connectivity index (χ1) is 6.00. The molecule has 0 aliphatic heterocycles. The van der Waals surface area contributed by atoms with Crippen molar-refractivity contribution in [2.75, 3.05) is 0 Å². The molecule has 0 saturated heterocycles. The fraction of sp³-hybridized carbons (Fsp3) is 0.444. The Morgan fingerprint density at radius 1 is 1.69 bits per heavy atom. The second-order valence-electron chi connectivity index (χ2n) is 3.39. The van der Waals surface area contributed by atoms with Crippen LogP contribution in [0.3, 0.4) is 0 Å². The van der Waals surface area contributed by atoms with Crippen LogP contribution in [0.4, 0.5) is 0 Å². The second-order valence-corrected chi connectivity index (χ2v) is 4.31. The number of carbonyl (C=O) groups is 1. The molecule has 0 spiro atoms.